The van der Waals surface area contributed by atoms with Crippen molar-refractivity contribution in [3.8, 4) is 17.0 Å². The van der Waals surface area contributed by atoms with E-state index in [0.29, 0.717) is 24.7 Å². The van der Waals surface area contributed by atoms with Gasteiger partial charge in [-0.05, 0) is 24.6 Å². The number of ether oxygens (including phenoxy) is 1. The molecule has 0 bridgehead atoms. The van der Waals surface area contributed by atoms with E-state index in [1.807, 2.05) is 35.4 Å². The van der Waals surface area contributed by atoms with Crippen LogP contribution in [0.3, 0.4) is 0 Å². The van der Waals surface area contributed by atoms with E-state index in [1.165, 1.54) is 11.3 Å². The summed E-state index contributed by atoms with van der Waals surface area (Å²) in [5.74, 6) is 0.884. The highest BCUT2D eigenvalue weighted by Crippen LogP contribution is 2.36. The van der Waals surface area contributed by atoms with Crippen LogP contribution in [0.2, 0.25) is 0 Å². The van der Waals surface area contributed by atoms with Crippen LogP contribution < -0.4 is 15.4 Å². The maximum absolute atomic E-state index is 12.2. The molecule has 110 valence electrons. The molecule has 1 amide bonds. The number of benzene rings is 1. The van der Waals surface area contributed by atoms with Gasteiger partial charge in [-0.3, -0.25) is 4.79 Å². The number of fused-ring (bicyclic) bond motifs is 1. The molecule has 0 spiro atoms. The fraction of sp³-hybridized carbons (Fsp3) is 0.333. The molecule has 1 aromatic heterocycles. The van der Waals surface area contributed by atoms with Crippen LogP contribution >= 0.6 is 11.3 Å². The first-order valence-corrected chi connectivity index (χ1v) is 7.85. The number of nitrogens with two attached hydrogens (primary N) is 1. The number of carbonyl (C=O) groups excluding carboxylic acids is 1. The molecule has 5 nitrogen and oxygen atoms in total. The van der Waals surface area contributed by atoms with E-state index in [1.54, 1.807) is 0 Å². The minimum atomic E-state index is 0.136. The van der Waals surface area contributed by atoms with Crippen LogP contribution in [0.5, 0.6) is 5.75 Å². The van der Waals surface area contributed by atoms with Crippen molar-refractivity contribution in [2.45, 2.75) is 19.8 Å². The molecule has 0 atom stereocenters. The lowest BCUT2D eigenvalue weighted by Gasteiger charge is -2.30. The summed E-state index contributed by atoms with van der Waals surface area (Å²) < 4.78 is 5.64. The summed E-state index contributed by atoms with van der Waals surface area (Å²) in [6.45, 7) is 3.13. The van der Waals surface area contributed by atoms with E-state index in [-0.39, 0.29) is 5.91 Å². The number of hydrogen-bond acceptors (Lipinski definition) is 5. The van der Waals surface area contributed by atoms with Crippen molar-refractivity contribution in [1.82, 2.24) is 4.98 Å². The molecular formula is C15H17N3O2S. The van der Waals surface area contributed by atoms with Crippen LogP contribution in [-0.2, 0) is 4.79 Å². The van der Waals surface area contributed by atoms with Crippen LogP contribution in [0, 0.1) is 0 Å². The minimum Gasteiger partial charge on any atom is -0.490 e. The second-order valence-corrected chi connectivity index (χ2v) is 5.79. The number of nitrogen functional groups attached to an aromatic ring is 1. The molecule has 0 saturated heterocycles. The Morgan fingerprint density at radius 2 is 2.38 bits per heavy atom. The van der Waals surface area contributed by atoms with E-state index in [0.717, 1.165) is 29.1 Å². The van der Waals surface area contributed by atoms with Crippen LogP contribution in [-0.4, -0.2) is 24.0 Å². The molecule has 6 heteroatoms. The number of carbonyl (C=O) groups is 1. The van der Waals surface area contributed by atoms with Crippen molar-refractivity contribution in [3.05, 3.63) is 23.6 Å². The topological polar surface area (TPSA) is 68.5 Å². The molecule has 0 fully saturated rings. The van der Waals surface area contributed by atoms with Gasteiger partial charge in [-0.2, -0.15) is 0 Å². The summed E-state index contributed by atoms with van der Waals surface area (Å²) in [7, 11) is 0. The van der Waals surface area contributed by atoms with Gasteiger partial charge in [-0.1, -0.05) is 6.92 Å². The Hall–Kier alpha value is -2.08. The van der Waals surface area contributed by atoms with Gasteiger partial charge in [0.1, 0.15) is 12.4 Å². The number of anilines is 2. The van der Waals surface area contributed by atoms with Gasteiger partial charge in [-0.15, -0.1) is 11.3 Å². The molecule has 1 aromatic carbocycles. The van der Waals surface area contributed by atoms with Gasteiger partial charge in [0.25, 0.3) is 0 Å². The fourth-order valence-electron chi connectivity index (χ4n) is 2.41. The van der Waals surface area contributed by atoms with Gasteiger partial charge >= 0.3 is 0 Å². The molecule has 2 aromatic rings. The Morgan fingerprint density at radius 1 is 1.52 bits per heavy atom. The molecule has 2 N–H and O–H groups in total. The van der Waals surface area contributed by atoms with Gasteiger partial charge < -0.3 is 15.4 Å². The quantitative estimate of drug-likeness (QED) is 0.946. The first-order valence-electron chi connectivity index (χ1n) is 6.97. The third-order valence-corrected chi connectivity index (χ3v) is 4.08. The van der Waals surface area contributed by atoms with Crippen molar-refractivity contribution < 1.29 is 9.53 Å². The monoisotopic (exact) mass is 303 g/mol. The number of aromatic nitrogens is 1. The van der Waals surface area contributed by atoms with Crippen molar-refractivity contribution in [1.29, 1.82) is 0 Å². The third kappa shape index (κ3) is 2.71. The minimum absolute atomic E-state index is 0.136. The van der Waals surface area contributed by atoms with Gasteiger partial charge in [0.15, 0.2) is 5.13 Å². The Kier molecular flexibility index (Phi) is 3.79. The smallest absolute Gasteiger partial charge is 0.227 e. The lowest BCUT2D eigenvalue weighted by Crippen LogP contribution is -2.37. The summed E-state index contributed by atoms with van der Waals surface area (Å²) >= 11 is 1.41. The van der Waals surface area contributed by atoms with E-state index < -0.39 is 0 Å². The molecule has 0 aliphatic carbocycles. The van der Waals surface area contributed by atoms with Gasteiger partial charge in [-0.25, -0.2) is 4.98 Å². The summed E-state index contributed by atoms with van der Waals surface area (Å²) in [4.78, 5) is 18.3. The maximum Gasteiger partial charge on any atom is 0.227 e. The molecule has 1 aliphatic rings. The van der Waals surface area contributed by atoms with E-state index in [2.05, 4.69) is 4.98 Å². The van der Waals surface area contributed by atoms with Crippen molar-refractivity contribution in [2.24, 2.45) is 0 Å². The second kappa shape index (κ2) is 5.73. The first kappa shape index (κ1) is 13.9. The molecule has 3 rings (SSSR count). The number of hydrogen-bond donors (Lipinski definition) is 1. The van der Waals surface area contributed by atoms with Crippen LogP contribution in [0.25, 0.3) is 11.3 Å². The summed E-state index contributed by atoms with van der Waals surface area (Å²) in [6, 6.07) is 5.79. The molecule has 21 heavy (non-hydrogen) atoms. The van der Waals surface area contributed by atoms with Gasteiger partial charge in [0, 0.05) is 17.4 Å². The van der Waals surface area contributed by atoms with Crippen molar-refractivity contribution in [3.63, 3.8) is 0 Å². The van der Waals surface area contributed by atoms with Crippen molar-refractivity contribution in [2.75, 3.05) is 23.8 Å². The van der Waals surface area contributed by atoms with Crippen LogP contribution in [0.4, 0.5) is 10.8 Å². The lowest BCUT2D eigenvalue weighted by molar-refractivity contribution is -0.118. The van der Waals surface area contributed by atoms with Gasteiger partial charge in [0.2, 0.25) is 5.91 Å². The first-order chi connectivity index (χ1) is 10.2. The zero-order valence-electron chi connectivity index (χ0n) is 11.8. The Labute approximate surface area is 127 Å². The summed E-state index contributed by atoms with van der Waals surface area (Å²) in [5.41, 5.74) is 8.28. The maximum atomic E-state index is 12.2. The normalized spacial score (nSPS) is 13.7. The molecule has 2 heterocycles. The fourth-order valence-corrected chi connectivity index (χ4v) is 2.98. The largest absolute Gasteiger partial charge is 0.490 e. The zero-order valence-corrected chi connectivity index (χ0v) is 12.7. The molecule has 0 unspecified atom stereocenters. The number of amides is 1. The van der Waals surface area contributed by atoms with Crippen LogP contribution in [0.15, 0.2) is 23.6 Å². The highest BCUT2D eigenvalue weighted by atomic mass is 32.1. The molecule has 1 aliphatic heterocycles. The van der Waals surface area contributed by atoms with Gasteiger partial charge in [0.05, 0.1) is 17.9 Å². The average Bonchev–Trinajstić information content (AvgIpc) is 2.93. The van der Waals surface area contributed by atoms with Crippen molar-refractivity contribution >= 4 is 28.1 Å². The Bertz CT molecular complexity index is 669. The predicted molar refractivity (Wildman–Crippen MR) is 84.7 cm³/mol. The Morgan fingerprint density at radius 3 is 3.10 bits per heavy atom. The SMILES string of the molecule is CCCC(=O)N1CCOc2ccc(-c3csc(N)n3)cc21. The summed E-state index contributed by atoms with van der Waals surface area (Å²) in [6.07, 6.45) is 1.39. The number of nitrogens with zero attached hydrogens (tertiary/aromatic N) is 2. The highest BCUT2D eigenvalue weighted by Gasteiger charge is 2.23. The van der Waals surface area contributed by atoms with Crippen LogP contribution in [0.1, 0.15) is 19.8 Å². The lowest BCUT2D eigenvalue weighted by atomic mass is 10.1. The number of rotatable bonds is 3. The predicted octanol–water partition coefficient (Wildman–Crippen LogP) is 2.92. The average molecular weight is 303 g/mol. The summed E-state index contributed by atoms with van der Waals surface area (Å²) in [5, 5.41) is 2.46. The Balaban J connectivity index is 1.98. The van der Waals surface area contributed by atoms with E-state index >= 15 is 0 Å². The van der Waals surface area contributed by atoms with E-state index in [4.69, 9.17) is 10.5 Å². The molecular weight excluding hydrogens is 286 g/mol. The third-order valence-electron chi connectivity index (χ3n) is 3.40. The molecule has 0 radical (unpaired) electrons. The second-order valence-electron chi connectivity index (χ2n) is 4.90. The zero-order chi connectivity index (χ0) is 14.8. The number of thiazole rings is 1. The molecule has 0 saturated carbocycles. The standard InChI is InChI=1S/C15H17N3O2S/c1-2-3-14(19)18-6-7-20-13-5-4-10(8-12(13)18)11-9-21-15(16)17-11/h4-5,8-9H,2-3,6-7H2,1H3,(H2,16,17). The highest BCUT2D eigenvalue weighted by molar-refractivity contribution is 7.13. The van der Waals surface area contributed by atoms with E-state index in [9.17, 15) is 4.79 Å².